The molecule has 2 aromatic carbocycles. The quantitative estimate of drug-likeness (QED) is 0.219. The Hall–Kier alpha value is -3.58. The highest BCUT2D eigenvalue weighted by molar-refractivity contribution is 5.92. The van der Waals surface area contributed by atoms with Crippen LogP contribution in [0.4, 0.5) is 0 Å². The summed E-state index contributed by atoms with van der Waals surface area (Å²) in [6, 6.07) is 10.1. The molecule has 0 aromatic heterocycles. The third kappa shape index (κ3) is 4.05. The molecule has 2 bridgehead atoms. The minimum absolute atomic E-state index is 0.0369. The highest BCUT2D eigenvalue weighted by Crippen LogP contribution is 2.65. The lowest BCUT2D eigenvalue weighted by molar-refractivity contribution is -0.135. The summed E-state index contributed by atoms with van der Waals surface area (Å²) < 4.78 is 18.5. The Labute approximate surface area is 236 Å². The monoisotopic (exact) mass is 542 g/mol. The fourth-order valence-corrected chi connectivity index (χ4v) is 8.05. The van der Waals surface area contributed by atoms with E-state index >= 15 is 0 Å². The maximum Gasteiger partial charge on any atom is 0.308 e. The van der Waals surface area contributed by atoms with Gasteiger partial charge in [0.25, 0.3) is 0 Å². The maximum atomic E-state index is 13.5. The van der Waals surface area contributed by atoms with Crippen LogP contribution in [0.5, 0.6) is 17.2 Å². The molecule has 1 spiro atoms. The maximum absolute atomic E-state index is 13.5. The van der Waals surface area contributed by atoms with Gasteiger partial charge >= 0.3 is 5.97 Å². The molecule has 1 amide bonds. The van der Waals surface area contributed by atoms with E-state index in [9.17, 15) is 9.59 Å². The van der Waals surface area contributed by atoms with Crippen LogP contribution in [0.15, 0.2) is 49.1 Å². The zero-order valence-corrected chi connectivity index (χ0v) is 23.8. The molecule has 0 radical (unpaired) electrons. The van der Waals surface area contributed by atoms with E-state index in [1.165, 1.54) is 6.92 Å². The molecule has 5 atom stereocenters. The number of likely N-dealkylation sites (tertiary alicyclic amines) is 1. The molecule has 2 aromatic rings. The number of methoxy groups -OCH3 is 1. The van der Waals surface area contributed by atoms with Crippen LogP contribution in [-0.2, 0) is 21.4 Å². The average molecular weight is 543 g/mol. The van der Waals surface area contributed by atoms with E-state index in [0.29, 0.717) is 17.4 Å². The van der Waals surface area contributed by atoms with E-state index in [0.717, 1.165) is 66.8 Å². The van der Waals surface area contributed by atoms with E-state index in [-0.39, 0.29) is 35.5 Å². The molecule has 2 heterocycles. The summed E-state index contributed by atoms with van der Waals surface area (Å²) in [5.74, 6) is 1.86. The fourth-order valence-electron chi connectivity index (χ4n) is 8.05. The smallest absolute Gasteiger partial charge is 0.308 e. The van der Waals surface area contributed by atoms with Gasteiger partial charge in [-0.15, -0.1) is 6.58 Å². The molecule has 210 valence electrons. The zero-order chi connectivity index (χ0) is 28.2. The number of ether oxygens (including phenoxy) is 3. The molecular weight excluding hydrogens is 504 g/mol. The lowest BCUT2D eigenvalue weighted by Gasteiger charge is -2.60. The minimum Gasteiger partial charge on any atom is -0.493 e. The van der Waals surface area contributed by atoms with E-state index < -0.39 is 0 Å². The topological polar surface area (TPSA) is 68.3 Å². The number of hydrogen-bond donors (Lipinski definition) is 0. The Morgan fingerprint density at radius 2 is 2.08 bits per heavy atom. The van der Waals surface area contributed by atoms with Crippen LogP contribution in [0.3, 0.4) is 0 Å². The number of nitrogens with zero attached hydrogens (tertiary/aromatic N) is 2. The molecule has 40 heavy (non-hydrogen) atoms. The number of piperidine rings is 1. The van der Waals surface area contributed by atoms with Crippen LogP contribution < -0.4 is 14.2 Å². The molecule has 2 aliphatic heterocycles. The van der Waals surface area contributed by atoms with E-state index in [4.69, 9.17) is 14.2 Å². The lowest BCUT2D eigenvalue weighted by Crippen LogP contribution is -2.68. The summed E-state index contributed by atoms with van der Waals surface area (Å²) in [4.78, 5) is 30.0. The number of carbonyl (C=O) groups excluding carboxylic acids is 2. The number of aryl methyl sites for hydroxylation is 1. The fraction of sp³-hybridized carbons (Fsp3) is 0.455. The van der Waals surface area contributed by atoms with Gasteiger partial charge in [-0.1, -0.05) is 35.9 Å². The first kappa shape index (κ1) is 26.6. The second-order valence-corrected chi connectivity index (χ2v) is 11.7. The molecule has 1 saturated heterocycles. The van der Waals surface area contributed by atoms with Crippen molar-refractivity contribution in [1.82, 2.24) is 9.80 Å². The van der Waals surface area contributed by atoms with Gasteiger partial charge in [-0.25, -0.2) is 0 Å². The molecule has 2 fully saturated rings. The largest absolute Gasteiger partial charge is 0.493 e. The SMILES string of the molecule is C=CCN1CC[C@]23c4c5c(OC(C)=O)cc(OC)c4O[C@H]2[C@H](N(C)C(=O)C=Cc2cccc(C)c2)CC[C@H]3[C@H]1C5. The number of benzene rings is 2. The van der Waals surface area contributed by atoms with Crippen LogP contribution in [0.2, 0.25) is 0 Å². The standard InChI is InChI=1S/C33H38N2O5/c1-6-15-35-16-14-33-24-11-12-25(34(4)29(37)13-10-22-9-7-8-20(2)17-22)32(33)40-31-28(38-5)19-27(39-21(3)36)23(30(31)33)18-26(24)35/h6-10,13,17,19,24-26,32H,1,11-12,14-16,18H2,2-5H3/t24-,25+,26+,32-,33-/m0/s1. The molecular formula is C33H38N2O5. The van der Waals surface area contributed by atoms with Gasteiger partial charge in [0.1, 0.15) is 11.9 Å². The number of rotatable bonds is 7. The number of likely N-dealkylation sites (N-methyl/N-ethyl adjacent to an activating group) is 1. The van der Waals surface area contributed by atoms with Crippen molar-refractivity contribution in [3.63, 3.8) is 0 Å². The Morgan fingerprint density at radius 3 is 2.80 bits per heavy atom. The van der Waals surface area contributed by atoms with Crippen LogP contribution in [0.1, 0.15) is 48.4 Å². The third-order valence-electron chi connectivity index (χ3n) is 9.62. The molecule has 2 aliphatic carbocycles. The van der Waals surface area contributed by atoms with Gasteiger partial charge in [0.15, 0.2) is 11.5 Å². The van der Waals surface area contributed by atoms with Crippen molar-refractivity contribution in [1.29, 1.82) is 0 Å². The van der Waals surface area contributed by atoms with E-state index in [1.54, 1.807) is 19.3 Å². The van der Waals surface area contributed by atoms with Crippen LogP contribution in [-0.4, -0.2) is 67.1 Å². The molecule has 1 saturated carbocycles. The molecule has 0 N–H and O–H groups in total. The normalized spacial score (nSPS) is 28.0. The highest BCUT2D eigenvalue weighted by Gasteiger charge is 2.67. The number of carbonyl (C=O) groups is 2. The Balaban J connectivity index is 1.41. The lowest BCUT2D eigenvalue weighted by atomic mass is 9.51. The molecule has 0 unspecified atom stereocenters. The van der Waals surface area contributed by atoms with Crippen LogP contribution in [0, 0.1) is 12.8 Å². The number of hydrogen-bond acceptors (Lipinski definition) is 6. The molecule has 7 nitrogen and oxygen atoms in total. The Kier molecular flexibility index (Phi) is 6.73. The van der Waals surface area contributed by atoms with Gasteiger partial charge in [0.2, 0.25) is 5.91 Å². The first-order valence-electron chi connectivity index (χ1n) is 14.2. The van der Waals surface area contributed by atoms with Gasteiger partial charge in [0.05, 0.1) is 13.2 Å². The van der Waals surface area contributed by atoms with Crippen molar-refractivity contribution >= 4 is 18.0 Å². The van der Waals surface area contributed by atoms with Crippen LogP contribution in [0.25, 0.3) is 6.08 Å². The highest BCUT2D eigenvalue weighted by atomic mass is 16.5. The molecule has 6 rings (SSSR count). The van der Waals surface area contributed by atoms with Crippen molar-refractivity contribution in [3.8, 4) is 17.2 Å². The molecule has 4 aliphatic rings. The van der Waals surface area contributed by atoms with Crippen LogP contribution >= 0.6 is 0 Å². The second-order valence-electron chi connectivity index (χ2n) is 11.7. The summed E-state index contributed by atoms with van der Waals surface area (Å²) in [5, 5.41) is 0. The average Bonchev–Trinajstić information content (AvgIpc) is 3.27. The first-order chi connectivity index (χ1) is 19.3. The summed E-state index contributed by atoms with van der Waals surface area (Å²) in [7, 11) is 3.52. The summed E-state index contributed by atoms with van der Waals surface area (Å²) in [6.07, 6.45) is 8.84. The van der Waals surface area contributed by atoms with Crippen molar-refractivity contribution in [2.45, 2.75) is 63.1 Å². The van der Waals surface area contributed by atoms with Crippen molar-refractivity contribution < 1.29 is 23.8 Å². The summed E-state index contributed by atoms with van der Waals surface area (Å²) >= 11 is 0. The van der Waals surface area contributed by atoms with Gasteiger partial charge in [-0.3, -0.25) is 14.5 Å². The predicted octanol–water partition coefficient (Wildman–Crippen LogP) is 4.69. The van der Waals surface area contributed by atoms with Crippen molar-refractivity contribution in [2.75, 3.05) is 27.2 Å². The van der Waals surface area contributed by atoms with E-state index in [2.05, 4.69) is 17.5 Å². The Morgan fingerprint density at radius 1 is 1.25 bits per heavy atom. The third-order valence-corrected chi connectivity index (χ3v) is 9.62. The van der Waals surface area contributed by atoms with Crippen molar-refractivity contribution in [3.05, 3.63) is 71.3 Å². The summed E-state index contributed by atoms with van der Waals surface area (Å²) in [5.41, 5.74) is 4.05. The zero-order valence-electron chi connectivity index (χ0n) is 23.8. The number of amides is 1. The summed E-state index contributed by atoms with van der Waals surface area (Å²) in [6.45, 7) is 9.22. The Bertz CT molecular complexity index is 1400. The van der Waals surface area contributed by atoms with Gasteiger partial charge < -0.3 is 19.1 Å². The van der Waals surface area contributed by atoms with Gasteiger partial charge in [-0.05, 0) is 56.7 Å². The molecule has 7 heteroatoms. The second kappa shape index (κ2) is 10.1. The van der Waals surface area contributed by atoms with Gasteiger partial charge in [-0.2, -0.15) is 0 Å². The van der Waals surface area contributed by atoms with E-state index in [1.807, 2.05) is 49.2 Å². The number of esters is 1. The first-order valence-corrected chi connectivity index (χ1v) is 14.2. The van der Waals surface area contributed by atoms with Gasteiger partial charge in [0, 0.05) is 55.2 Å². The predicted molar refractivity (Wildman–Crippen MR) is 154 cm³/mol. The van der Waals surface area contributed by atoms with Crippen molar-refractivity contribution in [2.24, 2.45) is 5.92 Å². The minimum atomic E-state index is -0.353.